The fraction of sp³-hybridized carbons (Fsp3) is 0.400. The summed E-state index contributed by atoms with van der Waals surface area (Å²) in [5.74, 6) is 0.848. The highest BCUT2D eigenvalue weighted by molar-refractivity contribution is 5.24. The molecule has 1 heterocycles. The van der Waals surface area contributed by atoms with Crippen LogP contribution in [0.25, 0.3) is 0 Å². The van der Waals surface area contributed by atoms with Crippen LogP contribution in [0.3, 0.4) is 0 Å². The van der Waals surface area contributed by atoms with Crippen molar-refractivity contribution >= 4 is 0 Å². The molecule has 0 atom stereocenters. The molecule has 0 bridgehead atoms. The maximum Gasteiger partial charge on any atom is 0.160 e. The number of aromatic nitrogens is 2. The van der Waals surface area contributed by atoms with Crippen LogP contribution in [0.15, 0.2) is 36.5 Å². The highest BCUT2D eigenvalue weighted by atomic mass is 16.5. The minimum atomic E-state index is 0.575. The van der Waals surface area contributed by atoms with E-state index in [0.717, 1.165) is 36.6 Å². The number of ether oxygens (including phenoxy) is 2. The molecule has 0 radical (unpaired) electrons. The van der Waals surface area contributed by atoms with Crippen LogP contribution in [-0.4, -0.2) is 23.5 Å². The molecule has 0 aliphatic heterocycles. The van der Waals surface area contributed by atoms with Gasteiger partial charge in [-0.2, -0.15) is 5.10 Å². The molecule has 0 N–H and O–H groups in total. The summed E-state index contributed by atoms with van der Waals surface area (Å²) >= 11 is 0. The van der Waals surface area contributed by atoms with Gasteiger partial charge in [0.15, 0.2) is 5.75 Å². The monoisotopic (exact) mass is 260 g/mol. The lowest BCUT2D eigenvalue weighted by atomic mass is 10.2. The SMILES string of the molecule is COCCCn1cc(OCc2ccccc2)c(C)n1. The molecule has 0 aliphatic carbocycles. The zero-order valence-electron chi connectivity index (χ0n) is 11.5. The third-order valence-electron chi connectivity index (χ3n) is 2.87. The number of benzene rings is 1. The van der Waals surface area contributed by atoms with Crippen molar-refractivity contribution in [3.63, 3.8) is 0 Å². The standard InChI is InChI=1S/C15H20N2O2/c1-13-15(11-17(16-13)9-6-10-18-2)19-12-14-7-4-3-5-8-14/h3-5,7-8,11H,6,9-10,12H2,1-2H3. The predicted octanol–water partition coefficient (Wildman–Crippen LogP) is 2.81. The molecule has 4 nitrogen and oxygen atoms in total. The van der Waals surface area contributed by atoms with Crippen molar-refractivity contribution in [2.24, 2.45) is 0 Å². The van der Waals surface area contributed by atoms with Crippen LogP contribution in [-0.2, 0) is 17.9 Å². The number of rotatable bonds is 7. The largest absolute Gasteiger partial charge is 0.485 e. The van der Waals surface area contributed by atoms with Crippen molar-refractivity contribution in [2.45, 2.75) is 26.5 Å². The molecule has 0 saturated heterocycles. The van der Waals surface area contributed by atoms with E-state index < -0.39 is 0 Å². The van der Waals surface area contributed by atoms with Gasteiger partial charge in [0.25, 0.3) is 0 Å². The molecule has 2 rings (SSSR count). The molecule has 1 aromatic carbocycles. The van der Waals surface area contributed by atoms with Gasteiger partial charge in [0.1, 0.15) is 12.3 Å². The highest BCUT2D eigenvalue weighted by Crippen LogP contribution is 2.17. The molecule has 0 unspecified atom stereocenters. The zero-order valence-corrected chi connectivity index (χ0v) is 11.5. The minimum absolute atomic E-state index is 0.575. The van der Waals surface area contributed by atoms with Gasteiger partial charge in [0.2, 0.25) is 0 Å². The van der Waals surface area contributed by atoms with E-state index in [1.807, 2.05) is 36.0 Å². The summed E-state index contributed by atoms with van der Waals surface area (Å²) in [5, 5.41) is 4.43. The Labute approximate surface area is 114 Å². The van der Waals surface area contributed by atoms with Gasteiger partial charge in [0, 0.05) is 20.3 Å². The Morgan fingerprint density at radius 2 is 2.00 bits per heavy atom. The van der Waals surface area contributed by atoms with Gasteiger partial charge >= 0.3 is 0 Å². The molecule has 0 aliphatic rings. The summed E-state index contributed by atoms with van der Waals surface area (Å²) in [6, 6.07) is 10.1. The van der Waals surface area contributed by atoms with Crippen LogP contribution in [0.4, 0.5) is 0 Å². The normalized spacial score (nSPS) is 10.6. The Bertz CT molecular complexity index is 494. The maximum atomic E-state index is 5.80. The number of aryl methyl sites for hydroxylation is 2. The summed E-state index contributed by atoms with van der Waals surface area (Å²) in [6.45, 7) is 4.14. The molecule has 0 fully saturated rings. The van der Waals surface area contributed by atoms with Crippen molar-refractivity contribution in [1.82, 2.24) is 9.78 Å². The highest BCUT2D eigenvalue weighted by Gasteiger charge is 2.06. The summed E-state index contributed by atoms with van der Waals surface area (Å²) in [5.41, 5.74) is 2.09. The van der Waals surface area contributed by atoms with Crippen LogP contribution in [0.5, 0.6) is 5.75 Å². The van der Waals surface area contributed by atoms with Crippen LogP contribution >= 0.6 is 0 Å². The maximum absolute atomic E-state index is 5.80. The lowest BCUT2D eigenvalue weighted by Gasteiger charge is -2.04. The summed E-state index contributed by atoms with van der Waals surface area (Å²) < 4.78 is 12.7. The van der Waals surface area contributed by atoms with Gasteiger partial charge < -0.3 is 9.47 Å². The second-order valence-corrected chi connectivity index (χ2v) is 4.46. The molecule has 102 valence electrons. The minimum Gasteiger partial charge on any atom is -0.485 e. The molecule has 0 saturated carbocycles. The third-order valence-corrected chi connectivity index (χ3v) is 2.87. The Kier molecular flexibility index (Phi) is 4.98. The average molecular weight is 260 g/mol. The van der Waals surface area contributed by atoms with E-state index in [4.69, 9.17) is 9.47 Å². The Balaban J connectivity index is 1.90. The van der Waals surface area contributed by atoms with Gasteiger partial charge in [-0.15, -0.1) is 0 Å². The first kappa shape index (κ1) is 13.6. The first-order chi connectivity index (χ1) is 9.29. The van der Waals surface area contributed by atoms with E-state index in [0.29, 0.717) is 6.61 Å². The second kappa shape index (κ2) is 6.95. The first-order valence-electron chi connectivity index (χ1n) is 6.49. The van der Waals surface area contributed by atoms with E-state index in [1.54, 1.807) is 7.11 Å². The van der Waals surface area contributed by atoms with Crippen molar-refractivity contribution in [2.75, 3.05) is 13.7 Å². The molecule has 2 aromatic rings. The van der Waals surface area contributed by atoms with Crippen molar-refractivity contribution < 1.29 is 9.47 Å². The number of hydrogen-bond donors (Lipinski definition) is 0. The Morgan fingerprint density at radius 1 is 1.21 bits per heavy atom. The summed E-state index contributed by atoms with van der Waals surface area (Å²) in [6.07, 6.45) is 2.91. The molecule has 4 heteroatoms. The quantitative estimate of drug-likeness (QED) is 0.718. The zero-order chi connectivity index (χ0) is 13.5. The molecule has 19 heavy (non-hydrogen) atoms. The second-order valence-electron chi connectivity index (χ2n) is 4.46. The lowest BCUT2D eigenvalue weighted by Crippen LogP contribution is -2.01. The van der Waals surface area contributed by atoms with Gasteiger partial charge in [-0.05, 0) is 18.9 Å². The first-order valence-corrected chi connectivity index (χ1v) is 6.49. The number of methoxy groups -OCH3 is 1. The predicted molar refractivity (Wildman–Crippen MR) is 74.2 cm³/mol. The van der Waals surface area contributed by atoms with E-state index >= 15 is 0 Å². The third kappa shape index (κ3) is 4.10. The van der Waals surface area contributed by atoms with Crippen LogP contribution in [0.1, 0.15) is 17.7 Å². The topological polar surface area (TPSA) is 36.3 Å². The fourth-order valence-electron chi connectivity index (χ4n) is 1.86. The lowest BCUT2D eigenvalue weighted by molar-refractivity contribution is 0.189. The molecular weight excluding hydrogens is 240 g/mol. The number of hydrogen-bond acceptors (Lipinski definition) is 3. The Hall–Kier alpha value is -1.81. The Morgan fingerprint density at radius 3 is 2.74 bits per heavy atom. The number of nitrogens with zero attached hydrogens (tertiary/aromatic N) is 2. The van der Waals surface area contributed by atoms with Gasteiger partial charge in [-0.1, -0.05) is 30.3 Å². The van der Waals surface area contributed by atoms with E-state index in [-0.39, 0.29) is 0 Å². The summed E-state index contributed by atoms with van der Waals surface area (Å²) in [7, 11) is 1.71. The molecular formula is C15H20N2O2. The van der Waals surface area contributed by atoms with Crippen molar-refractivity contribution in [3.05, 3.63) is 47.8 Å². The van der Waals surface area contributed by atoms with Crippen LogP contribution in [0.2, 0.25) is 0 Å². The van der Waals surface area contributed by atoms with E-state index in [2.05, 4.69) is 17.2 Å². The fourth-order valence-corrected chi connectivity index (χ4v) is 1.86. The van der Waals surface area contributed by atoms with Crippen molar-refractivity contribution in [3.8, 4) is 5.75 Å². The van der Waals surface area contributed by atoms with Crippen molar-refractivity contribution in [1.29, 1.82) is 0 Å². The van der Waals surface area contributed by atoms with Gasteiger partial charge in [-0.25, -0.2) is 0 Å². The molecule has 0 amide bonds. The molecule has 0 spiro atoms. The molecule has 1 aromatic heterocycles. The van der Waals surface area contributed by atoms with Gasteiger partial charge in [-0.3, -0.25) is 4.68 Å². The van der Waals surface area contributed by atoms with Crippen LogP contribution in [0, 0.1) is 6.92 Å². The van der Waals surface area contributed by atoms with E-state index in [9.17, 15) is 0 Å². The smallest absolute Gasteiger partial charge is 0.160 e. The van der Waals surface area contributed by atoms with E-state index in [1.165, 1.54) is 0 Å². The summed E-state index contributed by atoms with van der Waals surface area (Å²) in [4.78, 5) is 0. The average Bonchev–Trinajstić information content (AvgIpc) is 2.78. The van der Waals surface area contributed by atoms with Gasteiger partial charge in [0.05, 0.1) is 6.20 Å². The van der Waals surface area contributed by atoms with Crippen LogP contribution < -0.4 is 4.74 Å².